The van der Waals surface area contributed by atoms with Crippen molar-refractivity contribution >= 4 is 11.8 Å². The summed E-state index contributed by atoms with van der Waals surface area (Å²) < 4.78 is 18.3. The van der Waals surface area contributed by atoms with Gasteiger partial charge in [-0.1, -0.05) is 26.8 Å². The first-order valence-corrected chi connectivity index (χ1v) is 10.7. The summed E-state index contributed by atoms with van der Waals surface area (Å²) in [6, 6.07) is 0. The minimum Gasteiger partial charge on any atom is -0.462 e. The highest BCUT2D eigenvalue weighted by Crippen LogP contribution is 2.81. The number of hydrogen-bond acceptors (Lipinski definition) is 7. The molecule has 8 fully saturated rings. The molecular formula is C22H28O7. The van der Waals surface area contributed by atoms with Crippen LogP contribution in [0.5, 0.6) is 0 Å². The van der Waals surface area contributed by atoms with Crippen molar-refractivity contribution in [2.75, 3.05) is 0 Å². The smallest absolute Gasteiger partial charge is 0.302 e. The normalized spacial score (nSPS) is 58.3. The van der Waals surface area contributed by atoms with Gasteiger partial charge in [0.2, 0.25) is 5.79 Å². The highest BCUT2D eigenvalue weighted by Gasteiger charge is 2.93. The zero-order valence-electron chi connectivity index (χ0n) is 17.0. The third-order valence-electron chi connectivity index (χ3n) is 9.33. The van der Waals surface area contributed by atoms with Crippen LogP contribution in [0.2, 0.25) is 0 Å². The molecule has 4 heterocycles. The van der Waals surface area contributed by atoms with E-state index in [1.807, 2.05) is 0 Å². The lowest BCUT2D eigenvalue weighted by atomic mass is 9.34. The van der Waals surface area contributed by atoms with E-state index in [2.05, 4.69) is 20.4 Å². The third-order valence-corrected chi connectivity index (χ3v) is 9.33. The Morgan fingerprint density at radius 2 is 2.00 bits per heavy atom. The molecule has 0 aromatic carbocycles. The molecule has 4 aliphatic heterocycles. The molecule has 0 radical (unpaired) electrons. The van der Waals surface area contributed by atoms with Crippen LogP contribution < -0.4 is 0 Å². The SMILES string of the molecule is C=C1C(=O)[C@@]23[C@H]4O[C@H]5O[C@]2(O)[C@@H](O)[C@@H]2C(C)(C)CCC[C@]52[C@@H]3[C@@H](OC(C)=O)C[C@@H]14. The van der Waals surface area contributed by atoms with Gasteiger partial charge in [-0.15, -0.1) is 0 Å². The fraction of sp³-hybridized carbons (Fsp3) is 0.818. The fourth-order valence-electron chi connectivity index (χ4n) is 8.79. The van der Waals surface area contributed by atoms with Gasteiger partial charge in [-0.3, -0.25) is 9.59 Å². The lowest BCUT2D eigenvalue weighted by Crippen LogP contribution is -2.91. The van der Waals surface area contributed by atoms with Crippen molar-refractivity contribution in [1.29, 1.82) is 0 Å². The second-order valence-corrected chi connectivity index (χ2v) is 10.8. The van der Waals surface area contributed by atoms with Gasteiger partial charge in [-0.25, -0.2) is 0 Å². The first-order chi connectivity index (χ1) is 13.5. The van der Waals surface area contributed by atoms with Crippen molar-refractivity contribution in [2.24, 2.45) is 34.0 Å². The van der Waals surface area contributed by atoms with Crippen LogP contribution in [0.4, 0.5) is 0 Å². The van der Waals surface area contributed by atoms with Crippen molar-refractivity contribution in [2.45, 2.75) is 76.8 Å². The van der Waals surface area contributed by atoms with E-state index < -0.39 is 53.1 Å². The van der Waals surface area contributed by atoms with Crippen LogP contribution in [-0.4, -0.2) is 52.4 Å². The minimum absolute atomic E-state index is 0.290. The monoisotopic (exact) mass is 404 g/mol. The summed E-state index contributed by atoms with van der Waals surface area (Å²) in [6.07, 6.45) is -0.170. The molecule has 0 unspecified atom stereocenters. The number of esters is 1. The molecule has 7 heteroatoms. The number of carbonyl (C=O) groups is 2. The van der Waals surface area contributed by atoms with Crippen LogP contribution in [-0.2, 0) is 23.8 Å². The predicted molar refractivity (Wildman–Crippen MR) is 98.0 cm³/mol. The number of Topliss-reactive ketones (excluding diaryl/α,β-unsaturated/α-hetero) is 1. The van der Waals surface area contributed by atoms with E-state index in [0.717, 1.165) is 12.8 Å². The summed E-state index contributed by atoms with van der Waals surface area (Å²) in [7, 11) is 0. The van der Waals surface area contributed by atoms with Gasteiger partial charge in [0, 0.05) is 30.1 Å². The highest BCUT2D eigenvalue weighted by atomic mass is 16.8. The Kier molecular flexibility index (Phi) is 3.16. The summed E-state index contributed by atoms with van der Waals surface area (Å²) in [5.41, 5.74) is -2.09. The molecule has 0 aromatic rings. The third kappa shape index (κ3) is 1.61. The topological polar surface area (TPSA) is 102 Å². The van der Waals surface area contributed by atoms with Gasteiger partial charge in [-0.2, -0.15) is 0 Å². The standard InChI is InChI=1S/C22H28O7/c1-9-11-8-12(27-10(2)23)13-20-7-5-6-19(3,4)14(20)16(25)22(26)21(13,15(9)24)17(11)28-18(20)29-22/h11-14,16-18,25-26H,1,5-8H2,2-4H3/t11-,12-,13-,14+,16-,17-,18-,20+,21-,22+/m0/s1. The molecule has 8 rings (SSSR count). The zero-order valence-corrected chi connectivity index (χ0v) is 17.0. The Labute approximate surface area is 169 Å². The molecule has 4 saturated heterocycles. The number of aliphatic hydroxyl groups excluding tert-OH is 1. The number of rotatable bonds is 1. The van der Waals surface area contributed by atoms with Crippen molar-refractivity contribution in [3.63, 3.8) is 0 Å². The Bertz CT molecular complexity index is 865. The van der Waals surface area contributed by atoms with Gasteiger partial charge in [0.1, 0.15) is 17.6 Å². The molecule has 10 atom stereocenters. The van der Waals surface area contributed by atoms with E-state index in [-0.39, 0.29) is 23.0 Å². The van der Waals surface area contributed by atoms with E-state index in [1.165, 1.54) is 6.92 Å². The maximum Gasteiger partial charge on any atom is 0.302 e. The van der Waals surface area contributed by atoms with Gasteiger partial charge in [0.25, 0.3) is 0 Å². The van der Waals surface area contributed by atoms with Crippen LogP contribution in [0, 0.1) is 34.0 Å². The number of hydrogen-bond donors (Lipinski definition) is 2. The summed E-state index contributed by atoms with van der Waals surface area (Å²) >= 11 is 0. The lowest BCUT2D eigenvalue weighted by Gasteiger charge is -2.79. The summed E-state index contributed by atoms with van der Waals surface area (Å²) in [5.74, 6) is -3.92. The van der Waals surface area contributed by atoms with Crippen molar-refractivity contribution in [3.05, 3.63) is 12.2 Å². The molecule has 2 spiro atoms. The first-order valence-electron chi connectivity index (χ1n) is 10.7. The summed E-state index contributed by atoms with van der Waals surface area (Å²) in [5, 5.41) is 23.4. The molecule has 0 amide bonds. The summed E-state index contributed by atoms with van der Waals surface area (Å²) in [4.78, 5) is 25.7. The molecule has 0 aromatic heterocycles. The fourth-order valence-corrected chi connectivity index (χ4v) is 8.79. The van der Waals surface area contributed by atoms with Crippen LogP contribution in [0.25, 0.3) is 0 Å². The first kappa shape index (κ1) is 18.5. The average Bonchev–Trinajstić information content (AvgIpc) is 2.76. The number of carbonyl (C=O) groups excluding carboxylic acids is 2. The van der Waals surface area contributed by atoms with Crippen LogP contribution in [0.3, 0.4) is 0 Å². The Morgan fingerprint density at radius 3 is 2.69 bits per heavy atom. The number of ether oxygens (including phenoxy) is 3. The van der Waals surface area contributed by atoms with E-state index in [9.17, 15) is 19.8 Å². The second kappa shape index (κ2) is 4.96. The number of aliphatic hydroxyl groups is 2. The van der Waals surface area contributed by atoms with Gasteiger partial charge in [0.15, 0.2) is 12.1 Å². The van der Waals surface area contributed by atoms with Crippen molar-refractivity contribution in [3.8, 4) is 0 Å². The molecule has 7 nitrogen and oxygen atoms in total. The van der Waals surface area contributed by atoms with E-state index in [4.69, 9.17) is 14.2 Å². The van der Waals surface area contributed by atoms with Crippen LogP contribution >= 0.6 is 0 Å². The Hall–Kier alpha value is -1.28. The maximum atomic E-state index is 13.7. The Morgan fingerprint density at radius 1 is 1.28 bits per heavy atom. The molecule has 2 N–H and O–H groups in total. The lowest BCUT2D eigenvalue weighted by molar-refractivity contribution is -0.554. The highest BCUT2D eigenvalue weighted by molar-refractivity contribution is 6.05. The van der Waals surface area contributed by atoms with Crippen LogP contribution in [0.1, 0.15) is 46.5 Å². The van der Waals surface area contributed by atoms with E-state index in [1.54, 1.807) is 0 Å². The van der Waals surface area contributed by atoms with Crippen molar-refractivity contribution < 1.29 is 34.0 Å². The van der Waals surface area contributed by atoms with Crippen LogP contribution in [0.15, 0.2) is 12.2 Å². The van der Waals surface area contributed by atoms with Gasteiger partial charge >= 0.3 is 5.97 Å². The van der Waals surface area contributed by atoms with Crippen molar-refractivity contribution in [1.82, 2.24) is 0 Å². The average molecular weight is 404 g/mol. The quantitative estimate of drug-likeness (QED) is 0.502. The zero-order chi connectivity index (χ0) is 20.7. The van der Waals surface area contributed by atoms with Gasteiger partial charge < -0.3 is 24.4 Å². The van der Waals surface area contributed by atoms with E-state index in [0.29, 0.717) is 18.4 Å². The van der Waals surface area contributed by atoms with Gasteiger partial charge in [0.05, 0.1) is 6.10 Å². The molecule has 8 aliphatic rings. The number of ketones is 1. The molecule has 4 aliphatic carbocycles. The Balaban J connectivity index is 1.67. The minimum atomic E-state index is -2.07. The molecule has 29 heavy (non-hydrogen) atoms. The molecule has 158 valence electrons. The maximum absolute atomic E-state index is 13.7. The van der Waals surface area contributed by atoms with Gasteiger partial charge in [-0.05, 0) is 30.3 Å². The molecule has 4 saturated carbocycles. The molecule has 7 bridgehead atoms. The second-order valence-electron chi connectivity index (χ2n) is 10.8. The molecular weight excluding hydrogens is 376 g/mol. The van der Waals surface area contributed by atoms with E-state index >= 15 is 0 Å². The summed E-state index contributed by atoms with van der Waals surface area (Å²) in [6.45, 7) is 9.58. The largest absolute Gasteiger partial charge is 0.462 e. The predicted octanol–water partition coefficient (Wildman–Crippen LogP) is 1.31.